The number of hydrazine groups is 1. The molecule has 0 bridgehead atoms. The van der Waals surface area contributed by atoms with Crippen molar-refractivity contribution >= 4 is 12.4 Å². The van der Waals surface area contributed by atoms with Gasteiger partial charge in [0.1, 0.15) is 23.7 Å². The minimum atomic E-state index is -3.63. The van der Waals surface area contributed by atoms with Crippen LogP contribution in [0.25, 0.3) is 6.08 Å². The number of alkyl halides is 2. The number of rotatable bonds is 10. The Kier molecular flexibility index (Phi) is 8.31. The number of hydrogen-bond acceptors (Lipinski definition) is 5. The van der Waals surface area contributed by atoms with E-state index in [-0.39, 0.29) is 0 Å². The standard InChI is InChI=1S/C20H23F4N5O/c1-2-30-9-3-4-14-5-8-19(27-11-14)20(23,24)17(12-29(26)13-28-25)16-7-6-15(21)10-18(16)22/h3-8,10-11,13,17H,2,9,12,25-26H2,1H3/b4-3+,28-13-. The summed E-state index contributed by atoms with van der Waals surface area (Å²) in [6.45, 7) is 2.25. The topological polar surface area (TPSA) is 89.8 Å². The predicted molar refractivity (Wildman–Crippen MR) is 106 cm³/mol. The Morgan fingerprint density at radius 1 is 1.27 bits per heavy atom. The Labute approximate surface area is 171 Å². The van der Waals surface area contributed by atoms with Crippen LogP contribution in [0.4, 0.5) is 17.6 Å². The molecule has 1 unspecified atom stereocenters. The monoisotopic (exact) mass is 425 g/mol. The quantitative estimate of drug-likeness (QED) is 0.152. The number of benzene rings is 1. The molecule has 1 atom stereocenters. The van der Waals surface area contributed by atoms with E-state index in [0.29, 0.717) is 24.8 Å². The van der Waals surface area contributed by atoms with E-state index in [1.165, 1.54) is 12.3 Å². The second-order valence-electron chi connectivity index (χ2n) is 6.34. The normalized spacial score (nSPS) is 13.3. The first-order chi connectivity index (χ1) is 14.3. The van der Waals surface area contributed by atoms with Gasteiger partial charge in [-0.05, 0) is 30.2 Å². The third-order valence-corrected chi connectivity index (χ3v) is 4.24. The second-order valence-corrected chi connectivity index (χ2v) is 6.34. The van der Waals surface area contributed by atoms with E-state index in [0.717, 1.165) is 29.5 Å². The first-order valence-electron chi connectivity index (χ1n) is 9.07. The molecule has 0 aliphatic carbocycles. The van der Waals surface area contributed by atoms with Crippen molar-refractivity contribution in [2.24, 2.45) is 16.8 Å². The highest BCUT2D eigenvalue weighted by Crippen LogP contribution is 2.42. The number of hydrazone groups is 1. The third-order valence-electron chi connectivity index (χ3n) is 4.24. The number of nitrogens with two attached hydrogens (primary N) is 2. The van der Waals surface area contributed by atoms with Gasteiger partial charge in [0.25, 0.3) is 5.92 Å². The minimum Gasteiger partial charge on any atom is -0.378 e. The molecule has 6 nitrogen and oxygen atoms in total. The van der Waals surface area contributed by atoms with Crippen molar-refractivity contribution in [2.45, 2.75) is 18.8 Å². The van der Waals surface area contributed by atoms with Crippen molar-refractivity contribution in [1.29, 1.82) is 0 Å². The van der Waals surface area contributed by atoms with Gasteiger partial charge in [-0.2, -0.15) is 13.9 Å². The number of nitrogens with zero attached hydrogens (tertiary/aromatic N) is 3. The Balaban J connectivity index is 2.36. The zero-order valence-electron chi connectivity index (χ0n) is 16.3. The molecule has 2 aromatic rings. The molecule has 162 valence electrons. The zero-order valence-corrected chi connectivity index (χ0v) is 16.3. The Hall–Kier alpha value is -2.98. The summed E-state index contributed by atoms with van der Waals surface area (Å²) in [5.74, 6) is 3.20. The van der Waals surface area contributed by atoms with Crippen LogP contribution in [0, 0.1) is 11.6 Å². The van der Waals surface area contributed by atoms with Crippen LogP contribution < -0.4 is 11.7 Å². The number of pyridine rings is 1. The SMILES string of the molecule is CCOC/C=C/c1ccc(C(F)(F)C(CN(N)/C=N\N)c2ccc(F)cc2F)nc1. The smallest absolute Gasteiger partial charge is 0.298 e. The summed E-state index contributed by atoms with van der Waals surface area (Å²) in [5, 5.41) is 3.97. The van der Waals surface area contributed by atoms with E-state index in [1.807, 2.05) is 6.92 Å². The van der Waals surface area contributed by atoms with Crippen LogP contribution >= 0.6 is 0 Å². The van der Waals surface area contributed by atoms with Crippen molar-refractivity contribution in [3.05, 3.63) is 71.1 Å². The van der Waals surface area contributed by atoms with Crippen LogP contribution in [0.2, 0.25) is 0 Å². The lowest BCUT2D eigenvalue weighted by atomic mass is 9.89. The van der Waals surface area contributed by atoms with Gasteiger partial charge in [0.2, 0.25) is 0 Å². The van der Waals surface area contributed by atoms with E-state index >= 15 is 8.78 Å². The fraction of sp³-hybridized carbons (Fsp3) is 0.300. The summed E-state index contributed by atoms with van der Waals surface area (Å²) < 4.78 is 63.5. The Bertz CT molecular complexity index is 874. The van der Waals surface area contributed by atoms with E-state index < -0.39 is 41.3 Å². The molecule has 0 fully saturated rings. The maximum Gasteiger partial charge on any atom is 0.298 e. The summed E-state index contributed by atoms with van der Waals surface area (Å²) in [6.07, 6.45) is 5.60. The average molecular weight is 425 g/mol. The lowest BCUT2D eigenvalue weighted by Gasteiger charge is -2.29. The minimum absolute atomic E-state index is 0.384. The van der Waals surface area contributed by atoms with E-state index in [4.69, 9.17) is 16.4 Å². The first kappa shape index (κ1) is 23.3. The van der Waals surface area contributed by atoms with Gasteiger partial charge >= 0.3 is 0 Å². The van der Waals surface area contributed by atoms with Gasteiger partial charge in [0.15, 0.2) is 0 Å². The van der Waals surface area contributed by atoms with Crippen molar-refractivity contribution < 1.29 is 22.3 Å². The molecule has 0 amide bonds. The maximum absolute atomic E-state index is 15.4. The molecule has 0 saturated carbocycles. The molecule has 0 aliphatic heterocycles. The average Bonchev–Trinajstić information content (AvgIpc) is 2.70. The number of aromatic nitrogens is 1. The van der Waals surface area contributed by atoms with Gasteiger partial charge in [0, 0.05) is 25.4 Å². The highest BCUT2D eigenvalue weighted by Gasteiger charge is 2.45. The van der Waals surface area contributed by atoms with Gasteiger partial charge < -0.3 is 10.6 Å². The van der Waals surface area contributed by atoms with Crippen molar-refractivity contribution in [1.82, 2.24) is 9.99 Å². The fourth-order valence-corrected chi connectivity index (χ4v) is 2.79. The zero-order chi connectivity index (χ0) is 22.1. The number of hydrogen-bond donors (Lipinski definition) is 2. The second kappa shape index (κ2) is 10.7. The fourth-order valence-electron chi connectivity index (χ4n) is 2.79. The molecule has 30 heavy (non-hydrogen) atoms. The molecule has 1 aromatic heterocycles. The molecule has 0 spiro atoms. The van der Waals surface area contributed by atoms with Gasteiger partial charge in [0.05, 0.1) is 12.5 Å². The summed E-state index contributed by atoms with van der Waals surface area (Å²) in [7, 11) is 0. The van der Waals surface area contributed by atoms with Gasteiger partial charge in [-0.3, -0.25) is 9.99 Å². The molecular formula is C20H23F4N5O. The molecule has 0 saturated heterocycles. The summed E-state index contributed by atoms with van der Waals surface area (Å²) >= 11 is 0. The maximum atomic E-state index is 15.4. The molecule has 10 heteroatoms. The van der Waals surface area contributed by atoms with Crippen LogP contribution in [0.15, 0.2) is 47.7 Å². The lowest BCUT2D eigenvalue weighted by Crippen LogP contribution is -2.40. The third kappa shape index (κ3) is 6.01. The first-order valence-corrected chi connectivity index (χ1v) is 9.07. The van der Waals surface area contributed by atoms with Crippen LogP contribution in [0.5, 0.6) is 0 Å². The van der Waals surface area contributed by atoms with Crippen LogP contribution in [0.3, 0.4) is 0 Å². The predicted octanol–water partition coefficient (Wildman–Crippen LogP) is 3.36. The molecule has 1 aromatic carbocycles. The molecule has 0 radical (unpaired) electrons. The number of halogens is 4. The molecule has 4 N–H and O–H groups in total. The van der Waals surface area contributed by atoms with Crippen LogP contribution in [-0.2, 0) is 10.7 Å². The number of ether oxygens (including phenoxy) is 1. The van der Waals surface area contributed by atoms with E-state index in [1.54, 1.807) is 12.2 Å². The Morgan fingerprint density at radius 2 is 2.03 bits per heavy atom. The molecule has 1 heterocycles. The van der Waals surface area contributed by atoms with Gasteiger partial charge in [-0.1, -0.05) is 24.3 Å². The lowest BCUT2D eigenvalue weighted by molar-refractivity contribution is -0.0443. The van der Waals surface area contributed by atoms with Crippen molar-refractivity contribution in [3.63, 3.8) is 0 Å². The van der Waals surface area contributed by atoms with Crippen LogP contribution in [-0.4, -0.2) is 36.1 Å². The van der Waals surface area contributed by atoms with Gasteiger partial charge in [-0.15, -0.1) is 0 Å². The summed E-state index contributed by atoms with van der Waals surface area (Å²) in [5.41, 5.74) is -0.407. The highest BCUT2D eigenvalue weighted by molar-refractivity contribution is 5.53. The molecule has 0 aliphatic rings. The Morgan fingerprint density at radius 3 is 2.63 bits per heavy atom. The summed E-state index contributed by atoms with van der Waals surface area (Å²) in [6, 6.07) is 5.00. The van der Waals surface area contributed by atoms with E-state index in [9.17, 15) is 8.78 Å². The van der Waals surface area contributed by atoms with Gasteiger partial charge in [-0.25, -0.2) is 14.6 Å². The molecular weight excluding hydrogens is 402 g/mol. The van der Waals surface area contributed by atoms with Crippen molar-refractivity contribution in [2.75, 3.05) is 19.8 Å². The van der Waals surface area contributed by atoms with E-state index in [2.05, 4.69) is 10.1 Å². The van der Waals surface area contributed by atoms with Crippen LogP contribution in [0.1, 0.15) is 29.7 Å². The highest BCUT2D eigenvalue weighted by atomic mass is 19.3. The summed E-state index contributed by atoms with van der Waals surface area (Å²) in [4.78, 5) is 3.84. The molecule has 2 rings (SSSR count). The largest absolute Gasteiger partial charge is 0.378 e. The van der Waals surface area contributed by atoms with Crippen molar-refractivity contribution in [3.8, 4) is 0 Å².